The molecule has 10 heteroatoms. The van der Waals surface area contributed by atoms with Crippen LogP contribution in [-0.2, 0) is 11.0 Å². The van der Waals surface area contributed by atoms with Gasteiger partial charge in [0, 0.05) is 21.5 Å². The van der Waals surface area contributed by atoms with E-state index in [-0.39, 0.29) is 16.8 Å². The van der Waals surface area contributed by atoms with Crippen LogP contribution in [0.4, 0.5) is 24.5 Å². The molecule has 3 N–H and O–H groups in total. The maximum Gasteiger partial charge on any atom is 0.418 e. The SMILES string of the molecule is CC(Sc1cccc(NC(=O)c2cccc3cccc(C(=O)O)c23)c1)C(=O)Nc1ccccc1C(F)(F)F. The van der Waals surface area contributed by atoms with Gasteiger partial charge in [0.05, 0.1) is 22.1 Å². The third-order valence-electron chi connectivity index (χ3n) is 5.64. The number of aromatic carboxylic acids is 1. The third-order valence-corrected chi connectivity index (χ3v) is 6.74. The molecule has 0 aliphatic carbocycles. The fraction of sp³-hybridized carbons (Fsp3) is 0.107. The molecular weight excluding hydrogens is 517 g/mol. The second kappa shape index (κ2) is 11.0. The van der Waals surface area contributed by atoms with Crippen LogP contribution in [0.2, 0.25) is 0 Å². The van der Waals surface area contributed by atoms with Crippen LogP contribution in [0.25, 0.3) is 10.8 Å². The van der Waals surface area contributed by atoms with Crippen LogP contribution >= 0.6 is 11.8 Å². The van der Waals surface area contributed by atoms with E-state index in [2.05, 4.69) is 10.6 Å². The highest BCUT2D eigenvalue weighted by Crippen LogP contribution is 2.35. The molecular formula is C28H21F3N2O4S. The Morgan fingerprint density at radius 1 is 0.842 bits per heavy atom. The Morgan fingerprint density at radius 3 is 2.18 bits per heavy atom. The van der Waals surface area contributed by atoms with Crippen LogP contribution in [0, 0.1) is 0 Å². The Kier molecular flexibility index (Phi) is 7.72. The van der Waals surface area contributed by atoms with Crippen LogP contribution in [0.15, 0.2) is 89.8 Å². The standard InChI is InChI=1S/C28H21F3N2O4S/c1-16(25(34)33-23-14-3-2-13-22(23)28(29,30)31)38-19-10-6-9-18(15-19)32-26(35)20-11-4-7-17-8-5-12-21(24(17)20)27(36)37/h2-16H,1H3,(H,32,35)(H,33,34)(H,36,37). The summed E-state index contributed by atoms with van der Waals surface area (Å²) in [5.74, 6) is -2.28. The van der Waals surface area contributed by atoms with Crippen LogP contribution in [-0.4, -0.2) is 28.1 Å². The number of hydrogen-bond acceptors (Lipinski definition) is 4. The van der Waals surface area contributed by atoms with E-state index in [1.807, 2.05) is 0 Å². The number of nitrogens with one attached hydrogen (secondary N) is 2. The number of benzene rings is 4. The molecule has 0 saturated heterocycles. The fourth-order valence-corrected chi connectivity index (χ4v) is 4.81. The third kappa shape index (κ3) is 5.97. The van der Waals surface area contributed by atoms with Crippen LogP contribution in [0.1, 0.15) is 33.2 Å². The molecule has 4 rings (SSSR count). The average Bonchev–Trinajstić information content (AvgIpc) is 2.87. The lowest BCUT2D eigenvalue weighted by Crippen LogP contribution is -2.24. The maximum absolute atomic E-state index is 13.2. The van der Waals surface area contributed by atoms with Crippen molar-refractivity contribution in [2.24, 2.45) is 0 Å². The van der Waals surface area contributed by atoms with Gasteiger partial charge in [0.1, 0.15) is 0 Å². The average molecular weight is 539 g/mol. The number of carbonyl (C=O) groups excluding carboxylic acids is 2. The van der Waals surface area contributed by atoms with Gasteiger partial charge in [0.15, 0.2) is 0 Å². The molecule has 4 aromatic rings. The number of carbonyl (C=O) groups is 3. The number of anilines is 2. The van der Waals surface area contributed by atoms with E-state index in [9.17, 15) is 32.7 Å². The number of para-hydroxylation sites is 1. The summed E-state index contributed by atoms with van der Waals surface area (Å²) in [4.78, 5) is 38.0. The van der Waals surface area contributed by atoms with Gasteiger partial charge in [0.25, 0.3) is 5.91 Å². The van der Waals surface area contributed by atoms with Crippen molar-refractivity contribution in [3.05, 3.63) is 102 Å². The monoisotopic (exact) mass is 538 g/mol. The molecule has 2 amide bonds. The van der Waals surface area contributed by atoms with Crippen molar-refractivity contribution in [3.63, 3.8) is 0 Å². The summed E-state index contributed by atoms with van der Waals surface area (Å²) < 4.78 is 39.7. The second-order valence-corrected chi connectivity index (χ2v) is 9.70. The molecule has 0 aromatic heterocycles. The van der Waals surface area contributed by atoms with Gasteiger partial charge in [-0.25, -0.2) is 4.79 Å². The van der Waals surface area contributed by atoms with E-state index >= 15 is 0 Å². The molecule has 194 valence electrons. The molecule has 6 nitrogen and oxygen atoms in total. The second-order valence-electron chi connectivity index (χ2n) is 8.29. The first-order valence-electron chi connectivity index (χ1n) is 11.3. The van der Waals surface area contributed by atoms with Crippen molar-refractivity contribution in [2.75, 3.05) is 10.6 Å². The van der Waals surface area contributed by atoms with E-state index < -0.39 is 34.8 Å². The lowest BCUT2D eigenvalue weighted by atomic mass is 9.98. The van der Waals surface area contributed by atoms with Gasteiger partial charge in [-0.2, -0.15) is 13.2 Å². The molecule has 0 bridgehead atoms. The Labute approximate surface area is 219 Å². The van der Waals surface area contributed by atoms with Crippen LogP contribution in [0.3, 0.4) is 0 Å². The number of hydrogen-bond donors (Lipinski definition) is 3. The zero-order valence-electron chi connectivity index (χ0n) is 19.9. The van der Waals surface area contributed by atoms with Gasteiger partial charge in [-0.05, 0) is 54.8 Å². The first-order chi connectivity index (χ1) is 18.0. The molecule has 38 heavy (non-hydrogen) atoms. The van der Waals surface area contributed by atoms with Gasteiger partial charge in [-0.15, -0.1) is 11.8 Å². The number of carboxylic acids is 1. The minimum Gasteiger partial charge on any atom is -0.478 e. The topological polar surface area (TPSA) is 95.5 Å². The summed E-state index contributed by atoms with van der Waals surface area (Å²) >= 11 is 1.11. The summed E-state index contributed by atoms with van der Waals surface area (Å²) in [5, 5.41) is 14.8. The summed E-state index contributed by atoms with van der Waals surface area (Å²) in [7, 11) is 0. The quantitative estimate of drug-likeness (QED) is 0.222. The summed E-state index contributed by atoms with van der Waals surface area (Å²) in [6, 6.07) is 21.0. The van der Waals surface area contributed by atoms with Gasteiger partial charge in [-0.3, -0.25) is 9.59 Å². The Bertz CT molecular complexity index is 1530. The van der Waals surface area contributed by atoms with Crippen molar-refractivity contribution >= 4 is 51.7 Å². The molecule has 0 fully saturated rings. The lowest BCUT2D eigenvalue weighted by molar-refractivity contribution is -0.137. The Balaban J connectivity index is 1.50. The van der Waals surface area contributed by atoms with Crippen molar-refractivity contribution in [2.45, 2.75) is 23.2 Å². The van der Waals surface area contributed by atoms with E-state index in [0.717, 1.165) is 17.8 Å². The van der Waals surface area contributed by atoms with Crippen molar-refractivity contribution in [3.8, 4) is 0 Å². The predicted molar refractivity (Wildman–Crippen MR) is 141 cm³/mol. The zero-order chi connectivity index (χ0) is 27.4. The molecule has 0 radical (unpaired) electrons. The summed E-state index contributed by atoms with van der Waals surface area (Å²) in [5.41, 5.74) is -0.664. The molecule has 1 unspecified atom stereocenters. The van der Waals surface area contributed by atoms with E-state index in [1.54, 1.807) is 55.5 Å². The van der Waals surface area contributed by atoms with Gasteiger partial charge in [0.2, 0.25) is 5.91 Å². The zero-order valence-corrected chi connectivity index (χ0v) is 20.7. The van der Waals surface area contributed by atoms with Crippen molar-refractivity contribution in [1.29, 1.82) is 0 Å². The number of rotatable bonds is 7. The summed E-state index contributed by atoms with van der Waals surface area (Å²) in [6.45, 7) is 1.56. The van der Waals surface area contributed by atoms with E-state index in [1.165, 1.54) is 30.3 Å². The number of halogens is 3. The molecule has 0 heterocycles. The normalized spacial score (nSPS) is 12.1. The van der Waals surface area contributed by atoms with Crippen LogP contribution in [0.5, 0.6) is 0 Å². The van der Waals surface area contributed by atoms with Gasteiger partial charge >= 0.3 is 12.1 Å². The number of carboxylic acid groups (broad SMARTS) is 1. The highest BCUT2D eigenvalue weighted by molar-refractivity contribution is 8.00. The number of fused-ring (bicyclic) bond motifs is 1. The molecule has 0 saturated carbocycles. The molecule has 0 aliphatic heterocycles. The highest BCUT2D eigenvalue weighted by atomic mass is 32.2. The largest absolute Gasteiger partial charge is 0.478 e. The lowest BCUT2D eigenvalue weighted by Gasteiger charge is -2.16. The van der Waals surface area contributed by atoms with E-state index in [0.29, 0.717) is 21.4 Å². The van der Waals surface area contributed by atoms with Crippen molar-refractivity contribution < 1.29 is 32.7 Å². The number of amides is 2. The highest BCUT2D eigenvalue weighted by Gasteiger charge is 2.34. The first-order valence-corrected chi connectivity index (χ1v) is 12.2. The Hall–Kier alpha value is -4.31. The maximum atomic E-state index is 13.2. The van der Waals surface area contributed by atoms with Crippen LogP contribution < -0.4 is 10.6 Å². The van der Waals surface area contributed by atoms with Crippen molar-refractivity contribution in [1.82, 2.24) is 0 Å². The molecule has 0 spiro atoms. The smallest absolute Gasteiger partial charge is 0.418 e. The summed E-state index contributed by atoms with van der Waals surface area (Å²) in [6.07, 6.45) is -4.61. The minimum absolute atomic E-state index is 0.00416. The van der Waals surface area contributed by atoms with Gasteiger partial charge in [-0.1, -0.05) is 42.5 Å². The number of alkyl halides is 3. The minimum atomic E-state index is -4.61. The van der Waals surface area contributed by atoms with Gasteiger partial charge < -0.3 is 15.7 Å². The van der Waals surface area contributed by atoms with E-state index in [4.69, 9.17) is 0 Å². The molecule has 0 aliphatic rings. The molecule has 1 atom stereocenters. The first kappa shape index (κ1) is 26.7. The fourth-order valence-electron chi connectivity index (χ4n) is 3.89. The predicted octanol–water partition coefficient (Wildman–Crippen LogP) is 6.93. The Morgan fingerprint density at radius 2 is 1.50 bits per heavy atom. The molecule has 4 aromatic carbocycles. The number of thioether (sulfide) groups is 1.